The summed E-state index contributed by atoms with van der Waals surface area (Å²) in [5.74, 6) is 0. The predicted molar refractivity (Wildman–Crippen MR) is 76.8 cm³/mol. The first-order chi connectivity index (χ1) is 8.85. The number of benzene rings is 1. The summed E-state index contributed by atoms with van der Waals surface area (Å²) in [6, 6.07) is 16.6. The second-order valence-corrected chi connectivity index (χ2v) is 7.96. The molecule has 0 saturated heterocycles. The van der Waals surface area contributed by atoms with Gasteiger partial charge >= 0.3 is 34.8 Å². The van der Waals surface area contributed by atoms with Gasteiger partial charge in [0.2, 0.25) is 0 Å². The minimum Gasteiger partial charge on any atom is -0.255 e. The molecule has 0 aliphatic heterocycles. The number of rotatable bonds is 1. The van der Waals surface area contributed by atoms with Crippen molar-refractivity contribution in [3.05, 3.63) is 54.7 Å². The first kappa shape index (κ1) is 14.0. The largest absolute Gasteiger partial charge is 0.255 e. The van der Waals surface area contributed by atoms with Crippen LogP contribution in [0.1, 0.15) is 0 Å². The van der Waals surface area contributed by atoms with Gasteiger partial charge in [0.25, 0.3) is 0 Å². The average molecular weight is 474 g/mol. The molecule has 3 rings (SSSR count). The van der Waals surface area contributed by atoms with E-state index in [0.29, 0.717) is 0 Å². The molecule has 3 aromatic rings. The topological polar surface area (TPSA) is 12.9 Å². The molecule has 1 nitrogen and oxygen atoms in total. The molecular formula is C13H9Cl2IrNS. The molecule has 0 aliphatic rings. The number of aromatic nitrogens is 1. The van der Waals surface area contributed by atoms with Crippen LogP contribution in [0.5, 0.6) is 0 Å². The summed E-state index contributed by atoms with van der Waals surface area (Å²) in [5.41, 5.74) is 1.05. The maximum atomic E-state index is 4.89. The molecule has 0 amide bonds. The van der Waals surface area contributed by atoms with Crippen LogP contribution in [-0.2, 0) is 15.7 Å². The van der Waals surface area contributed by atoms with Gasteiger partial charge in [0, 0.05) is 10.9 Å². The Kier molecular flexibility index (Phi) is 5.61. The Morgan fingerprint density at radius 2 is 1.72 bits per heavy atom. The van der Waals surface area contributed by atoms with Gasteiger partial charge in [-0.05, 0) is 29.7 Å². The third-order valence-corrected chi connectivity index (χ3v) is 3.48. The molecule has 2 aromatic heterocycles. The Hall–Kier alpha value is -0.441. The molecule has 95 valence electrons. The number of fused-ring (bicyclic) bond motifs is 1. The van der Waals surface area contributed by atoms with Crippen molar-refractivity contribution in [1.29, 1.82) is 0 Å². The molecule has 0 saturated carbocycles. The summed E-state index contributed by atoms with van der Waals surface area (Å²) in [6.45, 7) is 0. The van der Waals surface area contributed by atoms with Crippen molar-refractivity contribution in [2.75, 3.05) is 0 Å². The smallest absolute Gasteiger partial charge is 0.0802 e. The molecule has 0 spiro atoms. The van der Waals surface area contributed by atoms with Gasteiger partial charge in [-0.15, -0.1) is 11.3 Å². The quantitative estimate of drug-likeness (QED) is 0.464. The third-order valence-electron chi connectivity index (χ3n) is 2.34. The molecule has 0 bridgehead atoms. The Bertz CT molecular complexity index is 579. The average Bonchev–Trinajstić information content (AvgIpc) is 2.84. The van der Waals surface area contributed by atoms with Gasteiger partial charge in [0.05, 0.1) is 10.6 Å². The van der Waals surface area contributed by atoms with E-state index in [9.17, 15) is 0 Å². The summed E-state index contributed by atoms with van der Waals surface area (Å²) in [5, 5.41) is 1.29. The third kappa shape index (κ3) is 3.53. The summed E-state index contributed by atoms with van der Waals surface area (Å²) in [4.78, 5) is 5.59. The summed E-state index contributed by atoms with van der Waals surface area (Å²) in [7, 11) is 9.78. The van der Waals surface area contributed by atoms with Gasteiger partial charge in [-0.25, -0.2) is 0 Å². The second-order valence-electron chi connectivity index (χ2n) is 3.41. The fraction of sp³-hybridized carbons (Fsp3) is 0. The van der Waals surface area contributed by atoms with Crippen molar-refractivity contribution in [2.24, 2.45) is 0 Å². The normalized spacial score (nSPS) is 10.1. The first-order valence-electron chi connectivity index (χ1n) is 5.09. The molecule has 1 aromatic carbocycles. The van der Waals surface area contributed by atoms with Crippen molar-refractivity contribution in [3.63, 3.8) is 0 Å². The Labute approximate surface area is 126 Å². The number of hydrogen-bond acceptors (Lipinski definition) is 2. The Morgan fingerprint density at radius 1 is 1.00 bits per heavy atom. The molecule has 0 radical (unpaired) electrons. The molecule has 2 heterocycles. The SMILES string of the molecule is [Cl][Ir][Cl].c1ccc(-c2cc3ccccc3s2)nc1. The predicted octanol–water partition coefficient (Wildman–Crippen LogP) is 5.34. The zero-order chi connectivity index (χ0) is 12.8. The van der Waals surface area contributed by atoms with E-state index in [1.54, 1.807) is 11.3 Å². The molecule has 5 heteroatoms. The van der Waals surface area contributed by atoms with E-state index in [1.807, 2.05) is 24.4 Å². The van der Waals surface area contributed by atoms with Gasteiger partial charge in [-0.2, -0.15) is 0 Å². The van der Waals surface area contributed by atoms with Gasteiger partial charge in [0.15, 0.2) is 0 Å². The number of halogens is 2. The van der Waals surface area contributed by atoms with Crippen molar-refractivity contribution < 1.29 is 15.7 Å². The molecule has 0 unspecified atom stereocenters. The first-order valence-corrected chi connectivity index (χ1v) is 11.8. The molecule has 0 fully saturated rings. The number of nitrogens with zero attached hydrogens (tertiary/aromatic N) is 1. The minimum absolute atomic E-state index is 0.556. The van der Waals surface area contributed by atoms with Crippen LogP contribution >= 0.6 is 30.5 Å². The van der Waals surface area contributed by atoms with Gasteiger partial charge in [-0.3, -0.25) is 4.98 Å². The van der Waals surface area contributed by atoms with Crippen LogP contribution in [0.2, 0.25) is 0 Å². The molecule has 18 heavy (non-hydrogen) atoms. The van der Waals surface area contributed by atoms with E-state index >= 15 is 0 Å². The van der Waals surface area contributed by atoms with Crippen molar-refractivity contribution in [2.45, 2.75) is 0 Å². The van der Waals surface area contributed by atoms with Crippen LogP contribution < -0.4 is 0 Å². The second kappa shape index (κ2) is 7.22. The zero-order valence-corrected chi connectivity index (χ0v) is 13.9. The number of thiophene rings is 1. The van der Waals surface area contributed by atoms with Crippen LogP contribution in [0.4, 0.5) is 0 Å². The molecule has 0 aliphatic carbocycles. The number of pyridine rings is 1. The van der Waals surface area contributed by atoms with Crippen molar-refractivity contribution >= 4 is 40.6 Å². The fourth-order valence-electron chi connectivity index (χ4n) is 1.62. The van der Waals surface area contributed by atoms with E-state index in [2.05, 4.69) is 35.3 Å². The summed E-state index contributed by atoms with van der Waals surface area (Å²) < 4.78 is 1.32. The number of hydrogen-bond donors (Lipinski definition) is 0. The van der Waals surface area contributed by atoms with Crippen molar-refractivity contribution in [3.8, 4) is 10.6 Å². The van der Waals surface area contributed by atoms with E-state index in [1.165, 1.54) is 15.0 Å². The van der Waals surface area contributed by atoms with Gasteiger partial charge in [-0.1, -0.05) is 24.3 Å². The summed E-state index contributed by atoms with van der Waals surface area (Å²) in [6.07, 6.45) is 1.83. The van der Waals surface area contributed by atoms with Crippen LogP contribution in [0, 0.1) is 0 Å². The maximum Gasteiger partial charge on any atom is 0.0802 e. The van der Waals surface area contributed by atoms with E-state index in [-0.39, 0.29) is 0 Å². The summed E-state index contributed by atoms with van der Waals surface area (Å²) >= 11 is 1.23. The molecular weight excluding hydrogens is 465 g/mol. The van der Waals surface area contributed by atoms with Gasteiger partial charge < -0.3 is 0 Å². The van der Waals surface area contributed by atoms with Crippen LogP contribution in [0.3, 0.4) is 0 Å². The molecule has 0 atom stereocenters. The standard InChI is InChI=1S/C13H9NS.2ClH.Ir/c1-2-7-12-10(5-1)9-13(15-12)11-6-3-4-8-14-11;;;/h1-9H;2*1H;/q;;;+2/p-2. The maximum absolute atomic E-state index is 4.89. The van der Waals surface area contributed by atoms with E-state index < -0.39 is 15.7 Å². The monoisotopic (exact) mass is 474 g/mol. The van der Waals surface area contributed by atoms with Crippen LogP contribution in [0.15, 0.2) is 54.7 Å². The van der Waals surface area contributed by atoms with Gasteiger partial charge in [0.1, 0.15) is 0 Å². The Balaban J connectivity index is 0.000000367. The minimum atomic E-state index is -0.556. The zero-order valence-electron chi connectivity index (χ0n) is 9.14. The van der Waals surface area contributed by atoms with Crippen molar-refractivity contribution in [1.82, 2.24) is 4.98 Å². The Morgan fingerprint density at radius 3 is 2.39 bits per heavy atom. The van der Waals surface area contributed by atoms with Crippen LogP contribution in [-0.4, -0.2) is 4.98 Å². The molecule has 0 N–H and O–H groups in total. The fourth-order valence-corrected chi connectivity index (χ4v) is 2.66. The van der Waals surface area contributed by atoms with Crippen LogP contribution in [0.25, 0.3) is 20.7 Å². The van der Waals surface area contributed by atoms with E-state index in [0.717, 1.165) is 5.69 Å². The van der Waals surface area contributed by atoms with E-state index in [4.69, 9.17) is 19.2 Å².